The van der Waals surface area contributed by atoms with Gasteiger partial charge in [-0.1, -0.05) is 0 Å². The van der Waals surface area contributed by atoms with Crippen LogP contribution in [0.2, 0.25) is 0 Å². The van der Waals surface area contributed by atoms with E-state index in [0.717, 1.165) is 0 Å². The molecule has 0 radical (unpaired) electrons. The van der Waals surface area contributed by atoms with Crippen molar-refractivity contribution < 1.29 is 23.9 Å². The molecule has 0 bridgehead atoms. The Morgan fingerprint density at radius 2 is 2.09 bits per heavy atom. The lowest BCUT2D eigenvalue weighted by molar-refractivity contribution is -0.151. The van der Waals surface area contributed by atoms with Crippen molar-refractivity contribution in [2.45, 2.75) is 6.04 Å². The number of rotatable bonds is 4. The molecule has 1 saturated heterocycles. The molecule has 0 N–H and O–H groups in total. The summed E-state index contributed by atoms with van der Waals surface area (Å²) in [6.07, 6.45) is 3.01. The Morgan fingerprint density at radius 1 is 1.30 bits per heavy atom. The molecule has 1 atom stereocenters. The molecule has 0 aliphatic carbocycles. The van der Waals surface area contributed by atoms with Gasteiger partial charge in [0.2, 0.25) is 5.91 Å². The van der Waals surface area contributed by atoms with E-state index in [9.17, 15) is 14.4 Å². The first-order chi connectivity index (χ1) is 11.1. The fourth-order valence-electron chi connectivity index (χ4n) is 2.46. The van der Waals surface area contributed by atoms with E-state index in [1.54, 1.807) is 18.3 Å². The first-order valence-corrected chi connectivity index (χ1v) is 7.14. The Labute approximate surface area is 134 Å². The lowest BCUT2D eigenvalue weighted by Gasteiger charge is -2.39. The summed E-state index contributed by atoms with van der Waals surface area (Å²) in [6, 6.07) is 2.44. The fraction of sp³-hybridized carbons (Fsp3) is 0.467. The Kier molecular flexibility index (Phi) is 5.64. The van der Waals surface area contributed by atoms with Gasteiger partial charge in [-0.2, -0.15) is 0 Å². The Morgan fingerprint density at radius 3 is 2.70 bits per heavy atom. The smallest absolute Gasteiger partial charge is 0.330 e. The molecule has 0 unspecified atom stereocenters. The molecule has 1 aliphatic heterocycles. The van der Waals surface area contributed by atoms with E-state index < -0.39 is 12.0 Å². The second kappa shape index (κ2) is 7.68. The number of aromatic nitrogens is 1. The summed E-state index contributed by atoms with van der Waals surface area (Å²) in [5.41, 5.74) is 0.387. The van der Waals surface area contributed by atoms with Crippen molar-refractivity contribution in [1.82, 2.24) is 14.8 Å². The minimum Gasteiger partial charge on any atom is -0.467 e. The lowest BCUT2D eigenvalue weighted by Crippen LogP contribution is -2.60. The number of carbonyl (C=O) groups is 3. The highest BCUT2D eigenvalue weighted by atomic mass is 16.5. The van der Waals surface area contributed by atoms with E-state index in [4.69, 9.17) is 9.47 Å². The summed E-state index contributed by atoms with van der Waals surface area (Å²) in [6.45, 7) is 0.593. The maximum Gasteiger partial charge on any atom is 0.330 e. The van der Waals surface area contributed by atoms with Gasteiger partial charge in [0.25, 0.3) is 5.91 Å². The van der Waals surface area contributed by atoms with E-state index in [0.29, 0.717) is 12.1 Å². The van der Waals surface area contributed by atoms with Crippen LogP contribution in [0.5, 0.6) is 0 Å². The van der Waals surface area contributed by atoms with Gasteiger partial charge < -0.3 is 19.3 Å². The van der Waals surface area contributed by atoms with Gasteiger partial charge in [-0.3, -0.25) is 14.6 Å². The summed E-state index contributed by atoms with van der Waals surface area (Å²) in [4.78, 5) is 43.4. The van der Waals surface area contributed by atoms with Crippen LogP contribution in [0, 0.1) is 0 Å². The third-order valence-electron chi connectivity index (χ3n) is 3.64. The van der Waals surface area contributed by atoms with Gasteiger partial charge in [-0.15, -0.1) is 0 Å². The third-order valence-corrected chi connectivity index (χ3v) is 3.64. The van der Waals surface area contributed by atoms with Gasteiger partial charge in [0.1, 0.15) is 12.6 Å². The molecule has 1 aromatic rings. The van der Waals surface area contributed by atoms with Crippen molar-refractivity contribution >= 4 is 17.8 Å². The van der Waals surface area contributed by atoms with Crippen molar-refractivity contribution in [2.75, 3.05) is 40.5 Å². The van der Waals surface area contributed by atoms with E-state index in [1.807, 2.05) is 0 Å². The zero-order valence-corrected chi connectivity index (χ0v) is 13.1. The minimum absolute atomic E-state index is 0.0650. The maximum absolute atomic E-state index is 12.6. The molecular formula is C15H19N3O5. The van der Waals surface area contributed by atoms with E-state index >= 15 is 0 Å². The van der Waals surface area contributed by atoms with E-state index in [-0.39, 0.29) is 31.5 Å². The number of esters is 1. The number of ether oxygens (including phenoxy) is 2. The van der Waals surface area contributed by atoms with Crippen LogP contribution in [-0.4, -0.2) is 79.1 Å². The highest BCUT2D eigenvalue weighted by Crippen LogP contribution is 2.15. The second-order valence-electron chi connectivity index (χ2n) is 5.05. The van der Waals surface area contributed by atoms with Crippen LogP contribution in [-0.2, 0) is 19.1 Å². The van der Waals surface area contributed by atoms with Crippen molar-refractivity contribution in [3.63, 3.8) is 0 Å². The quantitative estimate of drug-likeness (QED) is 0.698. The number of pyridine rings is 1. The highest BCUT2D eigenvalue weighted by molar-refractivity contribution is 5.97. The zero-order chi connectivity index (χ0) is 16.8. The standard InChI is InChI=1S/C15H19N3O5/c1-22-10-13(19)17-6-7-18(12(9-17)15(21)23-2)14(20)11-4-3-5-16-8-11/h3-5,8,12H,6-7,9-10H2,1-2H3/t12-/m1/s1. The molecule has 23 heavy (non-hydrogen) atoms. The van der Waals surface area contributed by atoms with Gasteiger partial charge in [0, 0.05) is 32.6 Å². The van der Waals surface area contributed by atoms with Crippen molar-refractivity contribution in [3.05, 3.63) is 30.1 Å². The van der Waals surface area contributed by atoms with Gasteiger partial charge in [0.15, 0.2) is 0 Å². The van der Waals surface area contributed by atoms with Crippen LogP contribution >= 0.6 is 0 Å². The molecule has 2 rings (SSSR count). The maximum atomic E-state index is 12.6. The molecule has 1 fully saturated rings. The largest absolute Gasteiger partial charge is 0.467 e. The molecular weight excluding hydrogens is 302 g/mol. The van der Waals surface area contributed by atoms with Gasteiger partial charge >= 0.3 is 5.97 Å². The van der Waals surface area contributed by atoms with Crippen molar-refractivity contribution in [2.24, 2.45) is 0 Å². The molecule has 124 valence electrons. The Bertz CT molecular complexity index is 578. The number of nitrogens with zero attached hydrogens (tertiary/aromatic N) is 3. The summed E-state index contributed by atoms with van der Waals surface area (Å²) in [5, 5.41) is 0. The summed E-state index contributed by atoms with van der Waals surface area (Å²) < 4.78 is 9.60. The third kappa shape index (κ3) is 3.84. The molecule has 0 saturated carbocycles. The summed E-state index contributed by atoms with van der Waals surface area (Å²) in [7, 11) is 2.68. The van der Waals surface area contributed by atoms with Crippen LogP contribution in [0.15, 0.2) is 24.5 Å². The van der Waals surface area contributed by atoms with Crippen LogP contribution in [0.3, 0.4) is 0 Å². The number of methoxy groups -OCH3 is 2. The average Bonchev–Trinajstić information content (AvgIpc) is 2.60. The number of hydrogen-bond donors (Lipinski definition) is 0. The number of hydrogen-bond acceptors (Lipinski definition) is 6. The predicted octanol–water partition coefficient (Wildman–Crippen LogP) is -0.446. The normalized spacial score (nSPS) is 17.7. The average molecular weight is 321 g/mol. The molecule has 1 aliphatic rings. The zero-order valence-electron chi connectivity index (χ0n) is 13.1. The Hall–Kier alpha value is -2.48. The van der Waals surface area contributed by atoms with E-state index in [1.165, 1.54) is 30.2 Å². The van der Waals surface area contributed by atoms with Crippen molar-refractivity contribution in [3.8, 4) is 0 Å². The molecule has 0 spiro atoms. The minimum atomic E-state index is -0.845. The molecule has 2 heterocycles. The topological polar surface area (TPSA) is 89.0 Å². The summed E-state index contributed by atoms with van der Waals surface area (Å²) in [5.74, 6) is -1.10. The van der Waals surface area contributed by atoms with Crippen LogP contribution in [0.25, 0.3) is 0 Å². The van der Waals surface area contributed by atoms with Gasteiger partial charge in [0.05, 0.1) is 19.2 Å². The highest BCUT2D eigenvalue weighted by Gasteiger charge is 2.37. The predicted molar refractivity (Wildman–Crippen MR) is 79.5 cm³/mol. The molecule has 8 heteroatoms. The van der Waals surface area contributed by atoms with Gasteiger partial charge in [-0.25, -0.2) is 4.79 Å². The Balaban J connectivity index is 2.18. The van der Waals surface area contributed by atoms with Crippen LogP contribution < -0.4 is 0 Å². The number of piperazine rings is 1. The monoisotopic (exact) mass is 321 g/mol. The van der Waals surface area contributed by atoms with Crippen LogP contribution in [0.4, 0.5) is 0 Å². The number of carbonyl (C=O) groups excluding carboxylic acids is 3. The molecule has 0 aromatic carbocycles. The van der Waals surface area contributed by atoms with E-state index in [2.05, 4.69) is 4.98 Å². The van der Waals surface area contributed by atoms with Crippen molar-refractivity contribution in [1.29, 1.82) is 0 Å². The lowest BCUT2D eigenvalue weighted by atomic mass is 10.1. The molecule has 8 nitrogen and oxygen atoms in total. The number of amides is 2. The first kappa shape index (κ1) is 16.9. The summed E-state index contributed by atoms with van der Waals surface area (Å²) >= 11 is 0. The van der Waals surface area contributed by atoms with Crippen LogP contribution in [0.1, 0.15) is 10.4 Å². The first-order valence-electron chi connectivity index (χ1n) is 7.14. The SMILES string of the molecule is COCC(=O)N1CCN(C(=O)c2cccnc2)[C@@H](C(=O)OC)C1. The van der Waals surface area contributed by atoms with Gasteiger partial charge in [-0.05, 0) is 12.1 Å². The fourth-order valence-corrected chi connectivity index (χ4v) is 2.46. The second-order valence-corrected chi connectivity index (χ2v) is 5.05. The molecule has 1 aromatic heterocycles. The molecule has 2 amide bonds.